The van der Waals surface area contributed by atoms with E-state index in [0.717, 1.165) is 100 Å². The average Bonchev–Trinajstić information content (AvgIpc) is 3.91. The minimum atomic E-state index is -3.31. The van der Waals surface area contributed by atoms with Crippen molar-refractivity contribution in [3.05, 3.63) is 166 Å². The lowest BCUT2D eigenvalue weighted by molar-refractivity contribution is -0.384. The molecule has 4 aromatic heterocycles. The summed E-state index contributed by atoms with van der Waals surface area (Å²) >= 11 is 0. The number of nitriles is 2. The molecule has 68 heavy (non-hydrogen) atoms. The van der Waals surface area contributed by atoms with E-state index in [1.165, 1.54) is 12.3 Å². The Morgan fingerprint density at radius 1 is 0.647 bits per heavy atom. The lowest BCUT2D eigenvalue weighted by Crippen LogP contribution is -2.47. The molecule has 8 aromatic rings. The third kappa shape index (κ3) is 9.87. The summed E-state index contributed by atoms with van der Waals surface area (Å²) < 4.78 is 27.9. The van der Waals surface area contributed by atoms with Gasteiger partial charge in [0.25, 0.3) is 5.69 Å². The van der Waals surface area contributed by atoms with Crippen LogP contribution in [0.2, 0.25) is 0 Å². The molecule has 16 nitrogen and oxygen atoms in total. The van der Waals surface area contributed by atoms with Crippen molar-refractivity contribution < 1.29 is 18.1 Å². The third-order valence-electron chi connectivity index (χ3n) is 12.1. The Bertz CT molecular complexity index is 3380. The first-order chi connectivity index (χ1) is 32.9. The zero-order valence-electron chi connectivity index (χ0n) is 37.0. The van der Waals surface area contributed by atoms with Crippen LogP contribution in [0, 0.1) is 32.8 Å². The van der Waals surface area contributed by atoms with E-state index in [-0.39, 0.29) is 21.4 Å². The van der Waals surface area contributed by atoms with Crippen LogP contribution in [0.3, 0.4) is 0 Å². The van der Waals surface area contributed by atoms with E-state index in [4.69, 9.17) is 20.5 Å². The number of rotatable bonds is 10. The molecular weight excluding hydrogens is 879 g/mol. The van der Waals surface area contributed by atoms with Crippen molar-refractivity contribution in [3.63, 3.8) is 0 Å². The summed E-state index contributed by atoms with van der Waals surface area (Å²) in [4.78, 5) is 37.4. The van der Waals surface area contributed by atoms with Crippen molar-refractivity contribution in [2.24, 2.45) is 0 Å². The number of piperazine rings is 2. The molecule has 0 unspecified atom stereocenters. The van der Waals surface area contributed by atoms with E-state index < -0.39 is 9.84 Å². The van der Waals surface area contributed by atoms with Gasteiger partial charge in [-0.05, 0) is 82.9 Å². The number of nitrogens with one attached hydrogen (secondary N) is 2. The quantitative estimate of drug-likeness (QED) is 0.108. The van der Waals surface area contributed by atoms with Gasteiger partial charge in [0.1, 0.15) is 11.3 Å². The minimum Gasteiger partial charge on any atom is -0.354 e. The highest BCUT2D eigenvalue weighted by Gasteiger charge is 2.23. The van der Waals surface area contributed by atoms with Crippen LogP contribution in [0.5, 0.6) is 0 Å². The monoisotopic (exact) mass is 923 g/mol. The van der Waals surface area contributed by atoms with Crippen LogP contribution in [-0.2, 0) is 27.7 Å². The molecule has 10 rings (SSSR count). The molecule has 0 saturated carbocycles. The fourth-order valence-corrected chi connectivity index (χ4v) is 9.14. The number of benzene rings is 4. The number of aromatic nitrogens is 4. The zero-order valence-corrected chi connectivity index (χ0v) is 37.9. The van der Waals surface area contributed by atoms with Crippen LogP contribution in [0.15, 0.2) is 139 Å². The van der Waals surface area contributed by atoms with E-state index in [2.05, 4.69) is 43.2 Å². The van der Waals surface area contributed by atoms with Gasteiger partial charge in [-0.1, -0.05) is 48.5 Å². The first-order valence-electron chi connectivity index (χ1n) is 21.9. The van der Waals surface area contributed by atoms with Gasteiger partial charge in [-0.2, -0.15) is 10.5 Å². The smallest absolute Gasteiger partial charge is 0.270 e. The lowest BCUT2D eigenvalue weighted by atomic mass is 10.1. The molecule has 2 fully saturated rings. The number of fused-ring (bicyclic) bond motifs is 2. The van der Waals surface area contributed by atoms with Gasteiger partial charge in [-0.3, -0.25) is 24.7 Å². The molecule has 0 radical (unpaired) electrons. The number of nitrogens with zero attached hydrogens (tertiary/aromatic N) is 9. The molecule has 2 aliphatic heterocycles. The maximum atomic E-state index is 12.0. The second kappa shape index (κ2) is 19.4. The Morgan fingerprint density at radius 3 is 1.66 bits per heavy atom. The van der Waals surface area contributed by atoms with Crippen molar-refractivity contribution in [1.29, 1.82) is 10.5 Å². The largest absolute Gasteiger partial charge is 0.354 e. The number of carbonyl (C=O) groups is 1. The first-order valence-corrected chi connectivity index (χ1v) is 23.8. The van der Waals surface area contributed by atoms with Gasteiger partial charge in [0.05, 0.1) is 62.4 Å². The minimum absolute atomic E-state index is 0.0117. The van der Waals surface area contributed by atoms with Gasteiger partial charge in [0.2, 0.25) is 5.91 Å². The summed E-state index contributed by atoms with van der Waals surface area (Å²) in [5, 5.41) is 35.8. The third-order valence-corrected chi connectivity index (χ3v) is 13.2. The number of sulfone groups is 1. The number of pyridine rings is 2. The molecule has 0 spiro atoms. The predicted molar refractivity (Wildman–Crippen MR) is 258 cm³/mol. The Hall–Kier alpha value is -8.06. The van der Waals surface area contributed by atoms with Crippen LogP contribution in [0.1, 0.15) is 22.5 Å². The molecule has 340 valence electrons. The second-order valence-electron chi connectivity index (χ2n) is 16.7. The van der Waals surface area contributed by atoms with Crippen molar-refractivity contribution in [2.75, 3.05) is 52.1 Å². The summed E-state index contributed by atoms with van der Waals surface area (Å²) in [5.74, 6) is -0.0117. The molecule has 17 heteroatoms. The summed E-state index contributed by atoms with van der Waals surface area (Å²) in [6.45, 7) is 6.53. The van der Waals surface area contributed by atoms with Crippen molar-refractivity contribution in [1.82, 2.24) is 39.2 Å². The highest BCUT2D eigenvalue weighted by atomic mass is 32.2. The highest BCUT2D eigenvalue weighted by Crippen LogP contribution is 2.32. The average molecular weight is 924 g/mol. The van der Waals surface area contributed by atoms with Crippen molar-refractivity contribution in [2.45, 2.75) is 18.0 Å². The Balaban J connectivity index is 0.000000170. The number of nitro benzene ring substituents is 1. The Morgan fingerprint density at radius 2 is 1.15 bits per heavy atom. The molecule has 4 aromatic carbocycles. The fraction of sp³-hybridized carbons (Fsp3) is 0.196. The van der Waals surface area contributed by atoms with Crippen LogP contribution in [0.25, 0.3) is 56.1 Å². The Kier molecular flexibility index (Phi) is 12.9. The first kappa shape index (κ1) is 45.1. The molecule has 1 amide bonds. The summed E-state index contributed by atoms with van der Waals surface area (Å²) in [6, 6.07) is 40.5. The predicted octanol–water partition coefficient (Wildman–Crippen LogP) is 6.73. The number of carbonyl (C=O) groups excluding carboxylic acids is 1. The normalized spacial score (nSPS) is 14.4. The number of hydrogen-bond acceptors (Lipinski definition) is 12. The summed E-state index contributed by atoms with van der Waals surface area (Å²) in [7, 11) is -3.31. The second-order valence-corrected chi connectivity index (χ2v) is 18.7. The molecule has 0 atom stereocenters. The van der Waals surface area contributed by atoms with Gasteiger partial charge in [-0.15, -0.1) is 0 Å². The van der Waals surface area contributed by atoms with Crippen molar-refractivity contribution in [3.8, 4) is 56.9 Å². The number of imidazole rings is 2. The molecule has 6 heterocycles. The summed E-state index contributed by atoms with van der Waals surface area (Å²) in [6.07, 6.45) is 5.25. The van der Waals surface area contributed by atoms with Gasteiger partial charge in [0, 0.05) is 94.3 Å². The van der Waals surface area contributed by atoms with E-state index in [0.29, 0.717) is 37.3 Å². The summed E-state index contributed by atoms with van der Waals surface area (Å²) in [5.41, 5.74) is 11.7. The molecule has 2 saturated heterocycles. The van der Waals surface area contributed by atoms with Gasteiger partial charge < -0.3 is 19.4 Å². The van der Waals surface area contributed by atoms with E-state index in [1.807, 2.05) is 77.3 Å². The van der Waals surface area contributed by atoms with E-state index in [1.54, 1.807) is 48.5 Å². The highest BCUT2D eigenvalue weighted by molar-refractivity contribution is 7.90. The maximum absolute atomic E-state index is 12.0. The van der Waals surface area contributed by atoms with Crippen LogP contribution >= 0.6 is 0 Å². The standard InChI is InChI=1S/C26H23N5O3S.C25H22N6O2/c1-35(33,34)22-9-6-20(7-10-22)26-23(16-30-13-12-28-25(32)17-30)31-15-21(8-11-24(31)29-26)19-4-2-18(14-27)3-5-19;26-15-18-4-6-19(7-5-18)21-8-9-24-28-25(20-2-1-3-22(14-20)31(32)33)23(30(24)16-21)17-29-12-10-27-11-13-29/h2-11,15H,12-13,16-17H2,1H3,(H,28,32);1-9,14,16,27H,10-13,17H2. The van der Waals surface area contributed by atoms with Crippen LogP contribution in [-0.4, -0.2) is 99.9 Å². The molecular formula is C51H45N11O5S. The number of hydrogen-bond donors (Lipinski definition) is 2. The molecule has 2 N–H and O–H groups in total. The number of amides is 1. The fourth-order valence-electron chi connectivity index (χ4n) is 8.51. The maximum Gasteiger partial charge on any atom is 0.270 e. The van der Waals surface area contributed by atoms with Gasteiger partial charge in [-0.25, -0.2) is 18.4 Å². The van der Waals surface area contributed by atoms with Crippen LogP contribution in [0.4, 0.5) is 5.69 Å². The van der Waals surface area contributed by atoms with Crippen LogP contribution < -0.4 is 10.6 Å². The zero-order chi connectivity index (χ0) is 47.4. The van der Waals surface area contributed by atoms with E-state index in [9.17, 15) is 23.3 Å². The van der Waals surface area contributed by atoms with Gasteiger partial charge in [0.15, 0.2) is 9.84 Å². The molecule has 0 aliphatic carbocycles. The van der Waals surface area contributed by atoms with Crippen molar-refractivity contribution >= 4 is 32.7 Å². The molecule has 0 bridgehead atoms. The SMILES string of the molecule is CS(=O)(=O)c1ccc(-c2nc3ccc(-c4ccc(C#N)cc4)cn3c2CN2CCNC(=O)C2)cc1.N#Cc1ccc(-c2ccc3nc(-c4cccc([N+](=O)[O-])c4)c(CN4CCNCC4)n3c2)cc1. The lowest BCUT2D eigenvalue weighted by Gasteiger charge is -2.27. The van der Waals surface area contributed by atoms with Gasteiger partial charge >= 0.3 is 0 Å². The number of non-ortho nitro benzene ring substituents is 1. The topological polar surface area (TPSA) is 207 Å². The Labute approximate surface area is 392 Å². The molecule has 2 aliphatic rings. The van der Waals surface area contributed by atoms with E-state index >= 15 is 0 Å². The number of nitro groups is 1.